The van der Waals surface area contributed by atoms with Gasteiger partial charge in [0.05, 0.1) is 18.8 Å². The van der Waals surface area contributed by atoms with Crippen molar-refractivity contribution in [3.8, 4) is 0 Å². The summed E-state index contributed by atoms with van der Waals surface area (Å²) in [7, 11) is 0. The van der Waals surface area contributed by atoms with Crippen LogP contribution < -0.4 is 0 Å². The highest BCUT2D eigenvalue weighted by Crippen LogP contribution is 2.10. The molecule has 2 unspecified atom stereocenters. The van der Waals surface area contributed by atoms with Crippen LogP contribution in [0.3, 0.4) is 0 Å². The van der Waals surface area contributed by atoms with Crippen LogP contribution in [0.1, 0.15) is 6.42 Å². The molecule has 0 aromatic rings. The maximum absolute atomic E-state index is 9.16. The van der Waals surface area contributed by atoms with Crippen molar-refractivity contribution in [3.05, 3.63) is 10.4 Å². The van der Waals surface area contributed by atoms with Crippen molar-refractivity contribution in [1.82, 2.24) is 0 Å². The maximum Gasteiger partial charge on any atom is 0.0867 e. The quantitative estimate of drug-likeness (QED) is 0.328. The molecule has 0 amide bonds. The van der Waals surface area contributed by atoms with Crippen molar-refractivity contribution in [2.75, 3.05) is 13.2 Å². The molecule has 1 N–H and O–H groups in total. The summed E-state index contributed by atoms with van der Waals surface area (Å²) in [6, 6.07) is -0.390. The first-order chi connectivity index (χ1) is 4.84. The van der Waals surface area contributed by atoms with Gasteiger partial charge >= 0.3 is 0 Å². The average molecular weight is 143 g/mol. The number of azide groups is 1. The molecule has 56 valence electrons. The van der Waals surface area contributed by atoms with Gasteiger partial charge in [-0.3, -0.25) is 0 Å². The second kappa shape index (κ2) is 3.41. The van der Waals surface area contributed by atoms with Crippen LogP contribution >= 0.6 is 0 Å². The molecule has 1 saturated heterocycles. The first-order valence-corrected chi connectivity index (χ1v) is 3.14. The smallest absolute Gasteiger partial charge is 0.0867 e. The number of rotatable bonds is 1. The molecule has 5 heteroatoms. The Labute approximate surface area is 58.2 Å². The number of hydrogen-bond acceptors (Lipinski definition) is 3. The van der Waals surface area contributed by atoms with Crippen molar-refractivity contribution in [2.45, 2.75) is 18.6 Å². The van der Waals surface area contributed by atoms with Crippen LogP contribution in [0.4, 0.5) is 0 Å². The van der Waals surface area contributed by atoms with E-state index >= 15 is 0 Å². The molecule has 0 spiro atoms. The van der Waals surface area contributed by atoms with E-state index in [1.54, 1.807) is 0 Å². The van der Waals surface area contributed by atoms with E-state index in [1.165, 1.54) is 0 Å². The van der Waals surface area contributed by atoms with E-state index in [9.17, 15) is 0 Å². The number of aliphatic hydroxyl groups excluding tert-OH is 1. The largest absolute Gasteiger partial charge is 0.393 e. The number of ether oxygens (including phenoxy) is 1. The minimum Gasteiger partial charge on any atom is -0.393 e. The zero-order valence-electron chi connectivity index (χ0n) is 5.47. The summed E-state index contributed by atoms with van der Waals surface area (Å²) in [5, 5.41) is 12.5. The highest BCUT2D eigenvalue weighted by molar-refractivity contribution is 4.78. The fourth-order valence-electron chi connectivity index (χ4n) is 0.888. The van der Waals surface area contributed by atoms with Gasteiger partial charge in [-0.15, -0.1) is 0 Å². The lowest BCUT2D eigenvalue weighted by atomic mass is 10.1. The van der Waals surface area contributed by atoms with E-state index < -0.39 is 12.1 Å². The van der Waals surface area contributed by atoms with E-state index in [0.29, 0.717) is 19.6 Å². The topological polar surface area (TPSA) is 78.2 Å². The normalized spacial score (nSPS) is 32.9. The zero-order chi connectivity index (χ0) is 7.40. The summed E-state index contributed by atoms with van der Waals surface area (Å²) in [6.07, 6.45) is 0.0357. The number of hydrogen-bond donors (Lipinski definition) is 1. The van der Waals surface area contributed by atoms with Crippen LogP contribution in [0, 0.1) is 0 Å². The number of nitrogens with zero attached hydrogens (tertiary/aromatic N) is 3. The van der Waals surface area contributed by atoms with Crippen LogP contribution in [-0.2, 0) is 4.74 Å². The van der Waals surface area contributed by atoms with E-state index in [1.807, 2.05) is 0 Å². The van der Waals surface area contributed by atoms with E-state index in [2.05, 4.69) is 10.0 Å². The van der Waals surface area contributed by atoms with Gasteiger partial charge < -0.3 is 9.84 Å². The molecule has 1 rings (SSSR count). The zero-order valence-corrected chi connectivity index (χ0v) is 5.47. The highest BCUT2D eigenvalue weighted by Gasteiger charge is 2.21. The van der Waals surface area contributed by atoms with Crippen LogP contribution in [0.15, 0.2) is 5.11 Å². The van der Waals surface area contributed by atoms with Crippen molar-refractivity contribution >= 4 is 0 Å². The van der Waals surface area contributed by atoms with Gasteiger partial charge in [0.15, 0.2) is 0 Å². The van der Waals surface area contributed by atoms with Crippen molar-refractivity contribution in [2.24, 2.45) is 5.11 Å². The first kappa shape index (κ1) is 7.34. The van der Waals surface area contributed by atoms with Crippen molar-refractivity contribution < 1.29 is 9.84 Å². The molecule has 2 atom stereocenters. The Kier molecular flexibility index (Phi) is 2.50. The minimum absolute atomic E-state index is 0.339. The molecule has 0 radical (unpaired) electrons. The Balaban J connectivity index is 2.47. The first-order valence-electron chi connectivity index (χ1n) is 3.14. The molecule has 0 saturated carbocycles. The minimum atomic E-state index is -0.523. The van der Waals surface area contributed by atoms with Gasteiger partial charge in [-0.25, -0.2) is 0 Å². The second-order valence-electron chi connectivity index (χ2n) is 2.20. The molecule has 5 nitrogen and oxygen atoms in total. The second-order valence-corrected chi connectivity index (χ2v) is 2.20. The Morgan fingerprint density at radius 3 is 3.10 bits per heavy atom. The third-order valence-electron chi connectivity index (χ3n) is 1.49. The van der Waals surface area contributed by atoms with Gasteiger partial charge in [0.1, 0.15) is 0 Å². The molecule has 0 aliphatic carbocycles. The molecule has 1 heterocycles. The molecule has 0 aromatic carbocycles. The molecule has 1 fully saturated rings. The molecule has 10 heavy (non-hydrogen) atoms. The van der Waals surface area contributed by atoms with E-state index in [-0.39, 0.29) is 0 Å². The molecule has 1 aliphatic heterocycles. The van der Waals surface area contributed by atoms with Gasteiger partial charge in [-0.2, -0.15) is 0 Å². The van der Waals surface area contributed by atoms with Gasteiger partial charge in [0.25, 0.3) is 0 Å². The molecule has 0 bridgehead atoms. The summed E-state index contributed by atoms with van der Waals surface area (Å²) in [5.74, 6) is 0. The van der Waals surface area contributed by atoms with Crippen LogP contribution in [0.25, 0.3) is 10.4 Å². The van der Waals surface area contributed by atoms with Crippen LogP contribution in [0.2, 0.25) is 0 Å². The fourth-order valence-corrected chi connectivity index (χ4v) is 0.888. The third-order valence-corrected chi connectivity index (χ3v) is 1.49. The van der Waals surface area contributed by atoms with Crippen molar-refractivity contribution in [3.63, 3.8) is 0 Å². The highest BCUT2D eigenvalue weighted by atomic mass is 16.5. The standard InChI is InChI=1S/C5H9N3O2/c6-8-7-4-3-10-2-1-5(4)9/h4-5,9H,1-3H2. The lowest BCUT2D eigenvalue weighted by Gasteiger charge is -2.23. The lowest BCUT2D eigenvalue weighted by Crippen LogP contribution is -2.34. The van der Waals surface area contributed by atoms with Gasteiger partial charge in [-0.1, -0.05) is 5.11 Å². The predicted molar refractivity (Wildman–Crippen MR) is 34.4 cm³/mol. The Morgan fingerprint density at radius 2 is 2.50 bits per heavy atom. The summed E-state index contributed by atoms with van der Waals surface area (Å²) >= 11 is 0. The molecular weight excluding hydrogens is 134 g/mol. The lowest BCUT2D eigenvalue weighted by molar-refractivity contribution is -0.00298. The monoisotopic (exact) mass is 143 g/mol. The summed E-state index contributed by atoms with van der Waals surface area (Å²) in [6.45, 7) is 0.893. The van der Waals surface area contributed by atoms with Gasteiger partial charge in [0.2, 0.25) is 0 Å². The number of aliphatic hydroxyl groups is 1. The summed E-state index contributed by atoms with van der Waals surface area (Å²) in [4.78, 5) is 2.59. The predicted octanol–water partition coefficient (Wildman–Crippen LogP) is 0.447. The van der Waals surface area contributed by atoms with Gasteiger partial charge in [0, 0.05) is 11.5 Å². The Morgan fingerprint density at radius 1 is 1.70 bits per heavy atom. The van der Waals surface area contributed by atoms with Crippen LogP contribution in [0.5, 0.6) is 0 Å². The van der Waals surface area contributed by atoms with E-state index in [0.717, 1.165) is 0 Å². The average Bonchev–Trinajstić information content (AvgIpc) is 1.94. The molecule has 1 aliphatic rings. The van der Waals surface area contributed by atoms with Gasteiger partial charge in [-0.05, 0) is 12.0 Å². The van der Waals surface area contributed by atoms with Crippen molar-refractivity contribution in [1.29, 1.82) is 0 Å². The molecule has 0 aromatic heterocycles. The summed E-state index contributed by atoms with van der Waals surface area (Å²) in [5.41, 5.74) is 8.03. The fraction of sp³-hybridized carbons (Fsp3) is 1.00. The van der Waals surface area contributed by atoms with Crippen LogP contribution in [-0.4, -0.2) is 30.5 Å². The SMILES string of the molecule is [N-]=[N+]=NC1COCCC1O. The maximum atomic E-state index is 9.16. The third kappa shape index (κ3) is 1.60. The van der Waals surface area contributed by atoms with E-state index in [4.69, 9.17) is 15.4 Å². The Hall–Kier alpha value is -0.770. The summed E-state index contributed by atoms with van der Waals surface area (Å²) < 4.78 is 4.98. The molecular formula is C5H9N3O2. The Bertz CT molecular complexity index is 155.